The molecule has 0 aliphatic rings. The van der Waals surface area contributed by atoms with Gasteiger partial charge in [-0.15, -0.1) is 11.3 Å². The van der Waals surface area contributed by atoms with Gasteiger partial charge < -0.3 is 16.4 Å². The van der Waals surface area contributed by atoms with Crippen LogP contribution < -0.4 is 11.5 Å². The van der Waals surface area contributed by atoms with Crippen LogP contribution in [0.5, 0.6) is 0 Å². The summed E-state index contributed by atoms with van der Waals surface area (Å²) in [5, 5.41) is 9.40. The summed E-state index contributed by atoms with van der Waals surface area (Å²) in [6.07, 6.45) is 0. The van der Waals surface area contributed by atoms with E-state index >= 15 is 0 Å². The van der Waals surface area contributed by atoms with Crippen LogP contribution in [0.15, 0.2) is 15.9 Å². The Labute approximate surface area is 85.8 Å². The fourth-order valence-electron chi connectivity index (χ4n) is 0.841. The second-order valence-electron chi connectivity index (χ2n) is 2.70. The molecule has 0 saturated heterocycles. The number of aromatic nitrogens is 1. The van der Waals surface area contributed by atoms with Gasteiger partial charge in [0.15, 0.2) is 5.96 Å². The van der Waals surface area contributed by atoms with E-state index in [-0.39, 0.29) is 11.9 Å². The number of aliphatic imine (C=N–C) groups is 1. The minimum absolute atomic E-state index is 0.0259. The van der Waals surface area contributed by atoms with Crippen molar-refractivity contribution in [1.29, 1.82) is 5.41 Å². The number of rotatable bonds is 2. The lowest BCUT2D eigenvalue weighted by Crippen LogP contribution is -2.30. The SMILES string of the molecule is CN(Cc1cscn1)C(=N)N=C(N)N. The summed E-state index contributed by atoms with van der Waals surface area (Å²) in [5.41, 5.74) is 12.9. The van der Waals surface area contributed by atoms with Crippen molar-refractivity contribution < 1.29 is 0 Å². The molecule has 1 rings (SSSR count). The van der Waals surface area contributed by atoms with Crippen LogP contribution in [0.2, 0.25) is 0 Å². The zero-order valence-corrected chi connectivity index (χ0v) is 8.58. The van der Waals surface area contributed by atoms with E-state index in [4.69, 9.17) is 16.9 Å². The van der Waals surface area contributed by atoms with E-state index in [1.165, 1.54) is 11.3 Å². The largest absolute Gasteiger partial charge is 0.370 e. The lowest BCUT2D eigenvalue weighted by atomic mass is 10.4. The van der Waals surface area contributed by atoms with E-state index in [0.717, 1.165) is 5.69 Å². The van der Waals surface area contributed by atoms with Gasteiger partial charge in [-0.2, -0.15) is 4.99 Å². The molecule has 6 nitrogen and oxygen atoms in total. The molecule has 0 aliphatic carbocycles. The second kappa shape index (κ2) is 4.56. The van der Waals surface area contributed by atoms with E-state index in [1.54, 1.807) is 17.5 Å². The molecule has 7 heteroatoms. The van der Waals surface area contributed by atoms with Gasteiger partial charge in [0.2, 0.25) is 5.96 Å². The summed E-state index contributed by atoms with van der Waals surface area (Å²) < 4.78 is 0. The number of nitrogens with zero attached hydrogens (tertiary/aromatic N) is 3. The third-order valence-electron chi connectivity index (χ3n) is 1.48. The summed E-state index contributed by atoms with van der Waals surface area (Å²) in [7, 11) is 1.73. The molecule has 0 spiro atoms. The number of hydrogen-bond donors (Lipinski definition) is 3. The Hall–Kier alpha value is -1.63. The zero-order valence-electron chi connectivity index (χ0n) is 7.77. The third-order valence-corrected chi connectivity index (χ3v) is 2.11. The number of hydrogen-bond acceptors (Lipinski definition) is 3. The van der Waals surface area contributed by atoms with Crippen molar-refractivity contribution in [2.45, 2.75) is 6.54 Å². The van der Waals surface area contributed by atoms with Gasteiger partial charge in [0, 0.05) is 12.4 Å². The van der Waals surface area contributed by atoms with Crippen LogP contribution in [-0.4, -0.2) is 28.9 Å². The summed E-state index contributed by atoms with van der Waals surface area (Å²) >= 11 is 1.51. The predicted molar refractivity (Wildman–Crippen MR) is 57.1 cm³/mol. The zero-order chi connectivity index (χ0) is 10.6. The van der Waals surface area contributed by atoms with Gasteiger partial charge in [-0.1, -0.05) is 0 Å². The molecule has 5 N–H and O–H groups in total. The number of nitrogens with one attached hydrogen (secondary N) is 1. The van der Waals surface area contributed by atoms with Crippen molar-refractivity contribution >= 4 is 23.3 Å². The second-order valence-corrected chi connectivity index (χ2v) is 3.41. The van der Waals surface area contributed by atoms with E-state index in [2.05, 4.69) is 9.98 Å². The first-order valence-electron chi connectivity index (χ1n) is 3.86. The van der Waals surface area contributed by atoms with Crippen LogP contribution in [0.4, 0.5) is 0 Å². The number of nitrogens with two attached hydrogens (primary N) is 2. The molecular weight excluding hydrogens is 200 g/mol. The highest BCUT2D eigenvalue weighted by atomic mass is 32.1. The van der Waals surface area contributed by atoms with Crippen LogP contribution in [0.25, 0.3) is 0 Å². The summed E-state index contributed by atoms with van der Waals surface area (Å²) in [4.78, 5) is 9.31. The van der Waals surface area contributed by atoms with E-state index in [0.29, 0.717) is 6.54 Å². The Bertz CT molecular complexity index is 326. The third kappa shape index (κ3) is 3.02. The molecule has 0 bridgehead atoms. The molecule has 1 heterocycles. The average Bonchev–Trinajstić information content (AvgIpc) is 2.55. The van der Waals surface area contributed by atoms with Crippen LogP contribution in [-0.2, 0) is 6.54 Å². The van der Waals surface area contributed by atoms with Crippen LogP contribution in [0.1, 0.15) is 5.69 Å². The van der Waals surface area contributed by atoms with E-state index in [1.807, 2.05) is 5.38 Å². The number of guanidine groups is 2. The minimum Gasteiger partial charge on any atom is -0.370 e. The van der Waals surface area contributed by atoms with Crippen molar-refractivity contribution in [3.05, 3.63) is 16.6 Å². The summed E-state index contributed by atoms with van der Waals surface area (Å²) in [5.74, 6) is -0.0851. The minimum atomic E-state index is -0.111. The highest BCUT2D eigenvalue weighted by Gasteiger charge is 2.05. The van der Waals surface area contributed by atoms with Gasteiger partial charge in [0.25, 0.3) is 0 Å². The molecule has 0 amide bonds. The van der Waals surface area contributed by atoms with Crippen LogP contribution in [0.3, 0.4) is 0 Å². The topological polar surface area (TPSA) is 104 Å². The van der Waals surface area contributed by atoms with Crippen LogP contribution in [0, 0.1) is 5.41 Å². The molecule has 14 heavy (non-hydrogen) atoms. The van der Waals surface area contributed by atoms with Crippen molar-refractivity contribution in [2.24, 2.45) is 16.5 Å². The van der Waals surface area contributed by atoms with Crippen molar-refractivity contribution in [2.75, 3.05) is 7.05 Å². The quantitative estimate of drug-likeness (QED) is 0.465. The molecule has 0 radical (unpaired) electrons. The van der Waals surface area contributed by atoms with Crippen molar-refractivity contribution in [3.8, 4) is 0 Å². The molecule has 76 valence electrons. The van der Waals surface area contributed by atoms with Crippen molar-refractivity contribution in [3.63, 3.8) is 0 Å². The maximum Gasteiger partial charge on any atom is 0.221 e. The first kappa shape index (κ1) is 10.5. The summed E-state index contributed by atoms with van der Waals surface area (Å²) in [6, 6.07) is 0. The molecule has 0 saturated carbocycles. The van der Waals surface area contributed by atoms with E-state index < -0.39 is 0 Å². The van der Waals surface area contributed by atoms with Gasteiger partial charge >= 0.3 is 0 Å². The number of thiazole rings is 1. The normalized spacial score (nSPS) is 9.50. The lowest BCUT2D eigenvalue weighted by Gasteiger charge is -2.14. The lowest BCUT2D eigenvalue weighted by molar-refractivity contribution is 0.485. The Morgan fingerprint density at radius 2 is 2.43 bits per heavy atom. The fraction of sp³-hybridized carbons (Fsp3) is 0.286. The smallest absolute Gasteiger partial charge is 0.221 e. The van der Waals surface area contributed by atoms with Gasteiger partial charge in [-0.3, -0.25) is 5.41 Å². The Kier molecular flexibility index (Phi) is 3.41. The first-order valence-corrected chi connectivity index (χ1v) is 4.80. The maximum atomic E-state index is 7.48. The monoisotopic (exact) mass is 212 g/mol. The molecular formula is C7H12N6S. The van der Waals surface area contributed by atoms with Gasteiger partial charge in [0.05, 0.1) is 17.7 Å². The van der Waals surface area contributed by atoms with Gasteiger partial charge in [-0.05, 0) is 0 Å². The summed E-state index contributed by atoms with van der Waals surface area (Å²) in [6.45, 7) is 0.527. The van der Waals surface area contributed by atoms with Gasteiger partial charge in [-0.25, -0.2) is 4.98 Å². The first-order chi connectivity index (χ1) is 6.59. The highest BCUT2D eigenvalue weighted by Crippen LogP contribution is 2.04. The maximum absolute atomic E-state index is 7.48. The predicted octanol–water partition coefficient (Wildman–Crippen LogP) is -0.217. The Morgan fingerprint density at radius 3 is 2.93 bits per heavy atom. The van der Waals surface area contributed by atoms with Gasteiger partial charge in [0.1, 0.15) is 0 Å². The Balaban J connectivity index is 2.54. The molecule has 1 aromatic rings. The van der Waals surface area contributed by atoms with E-state index in [9.17, 15) is 0 Å². The molecule has 0 atom stereocenters. The standard InChI is InChI=1S/C7H12N6S/c1-13(7(10)12-6(8)9)2-5-3-14-4-11-5/h3-4H,2H2,1H3,(H5,8,9,10,12). The molecule has 0 aliphatic heterocycles. The molecule has 0 fully saturated rings. The average molecular weight is 212 g/mol. The van der Waals surface area contributed by atoms with Crippen molar-refractivity contribution in [1.82, 2.24) is 9.88 Å². The molecule has 0 aromatic carbocycles. The fourth-order valence-corrected chi connectivity index (χ4v) is 1.39. The molecule has 1 aromatic heterocycles. The highest BCUT2D eigenvalue weighted by molar-refractivity contribution is 7.07. The Morgan fingerprint density at radius 1 is 1.71 bits per heavy atom. The van der Waals surface area contributed by atoms with Crippen LogP contribution >= 0.6 is 11.3 Å². The molecule has 0 unspecified atom stereocenters.